The van der Waals surface area contributed by atoms with Gasteiger partial charge in [-0.15, -0.1) is 0 Å². The summed E-state index contributed by atoms with van der Waals surface area (Å²) in [6, 6.07) is 8.65. The topological polar surface area (TPSA) is 43.8 Å². The summed E-state index contributed by atoms with van der Waals surface area (Å²) in [4.78, 5) is 4.50. The fourth-order valence-electron chi connectivity index (χ4n) is 3.41. The Morgan fingerprint density at radius 1 is 1.40 bits per heavy atom. The summed E-state index contributed by atoms with van der Waals surface area (Å²) in [7, 11) is 0. The quantitative estimate of drug-likeness (QED) is 0.930. The molecular formula is C17H23N3. The third-order valence-electron chi connectivity index (χ3n) is 4.67. The smallest absolute Gasteiger partial charge is 0.110 e. The van der Waals surface area contributed by atoms with Crippen LogP contribution in [0.4, 0.5) is 0 Å². The molecule has 0 saturated carbocycles. The van der Waals surface area contributed by atoms with Gasteiger partial charge in [0.2, 0.25) is 0 Å². The van der Waals surface area contributed by atoms with Gasteiger partial charge in [0.15, 0.2) is 0 Å². The second-order valence-corrected chi connectivity index (χ2v) is 5.99. The van der Waals surface area contributed by atoms with Gasteiger partial charge in [-0.05, 0) is 36.8 Å². The Labute approximate surface area is 120 Å². The minimum Gasteiger partial charge on any atom is -0.335 e. The summed E-state index contributed by atoms with van der Waals surface area (Å²) in [5, 5.41) is 0. The predicted octanol–water partition coefficient (Wildman–Crippen LogP) is 3.20. The third kappa shape index (κ3) is 2.16. The van der Waals surface area contributed by atoms with E-state index in [1.807, 2.05) is 12.4 Å². The Morgan fingerprint density at radius 2 is 2.20 bits per heavy atom. The highest BCUT2D eigenvalue weighted by molar-refractivity contribution is 5.39. The summed E-state index contributed by atoms with van der Waals surface area (Å²) in [6.07, 6.45) is 6.91. The minimum atomic E-state index is -0.276. The standard InChI is InChI=1S/C17H23N3/c1-3-20-11-10-19-16(20)12-17(18)9-8-13(2)14-6-4-5-7-15(14)17/h4-7,10-11,13H,3,8-9,12,18H2,1-2H3. The van der Waals surface area contributed by atoms with Gasteiger partial charge in [-0.2, -0.15) is 0 Å². The molecule has 0 spiro atoms. The molecule has 0 amide bonds. The fourth-order valence-corrected chi connectivity index (χ4v) is 3.41. The number of hydrogen-bond acceptors (Lipinski definition) is 2. The molecule has 0 aliphatic heterocycles. The molecule has 1 aromatic heterocycles. The van der Waals surface area contributed by atoms with Gasteiger partial charge in [0.25, 0.3) is 0 Å². The highest BCUT2D eigenvalue weighted by Crippen LogP contribution is 2.41. The number of rotatable bonds is 3. The normalized spacial score (nSPS) is 25.4. The summed E-state index contributed by atoms with van der Waals surface area (Å²) in [5.41, 5.74) is 9.24. The second kappa shape index (κ2) is 5.06. The lowest BCUT2D eigenvalue weighted by molar-refractivity contribution is 0.339. The molecule has 1 aliphatic rings. The molecule has 3 nitrogen and oxygen atoms in total. The van der Waals surface area contributed by atoms with Gasteiger partial charge >= 0.3 is 0 Å². The molecule has 0 fully saturated rings. The molecule has 1 aliphatic carbocycles. The summed E-state index contributed by atoms with van der Waals surface area (Å²) in [6.45, 7) is 5.39. The molecule has 20 heavy (non-hydrogen) atoms. The molecule has 3 rings (SSSR count). The number of hydrogen-bond donors (Lipinski definition) is 1. The molecule has 3 heteroatoms. The minimum absolute atomic E-state index is 0.276. The number of nitrogens with two attached hydrogens (primary N) is 1. The number of fused-ring (bicyclic) bond motifs is 1. The van der Waals surface area contributed by atoms with Crippen LogP contribution in [0.3, 0.4) is 0 Å². The molecule has 1 heterocycles. The first-order valence-corrected chi connectivity index (χ1v) is 7.52. The SMILES string of the molecule is CCn1ccnc1CC1(N)CCC(C)c2ccccc21. The van der Waals surface area contributed by atoms with E-state index in [0.717, 1.165) is 31.6 Å². The van der Waals surface area contributed by atoms with E-state index in [1.165, 1.54) is 11.1 Å². The van der Waals surface area contributed by atoms with Gasteiger partial charge in [0.05, 0.1) is 0 Å². The van der Waals surface area contributed by atoms with Gasteiger partial charge in [-0.3, -0.25) is 0 Å². The van der Waals surface area contributed by atoms with Crippen molar-refractivity contribution in [2.45, 2.75) is 51.1 Å². The number of nitrogens with zero attached hydrogens (tertiary/aromatic N) is 2. The Hall–Kier alpha value is -1.61. The first kappa shape index (κ1) is 13.4. The molecule has 0 saturated heterocycles. The van der Waals surface area contributed by atoms with Crippen LogP contribution in [-0.4, -0.2) is 9.55 Å². The van der Waals surface area contributed by atoms with E-state index in [1.54, 1.807) is 0 Å². The maximum absolute atomic E-state index is 6.79. The summed E-state index contributed by atoms with van der Waals surface area (Å²) in [5.74, 6) is 1.70. The van der Waals surface area contributed by atoms with Crippen molar-refractivity contribution in [3.8, 4) is 0 Å². The first-order chi connectivity index (χ1) is 9.64. The molecule has 2 unspecified atom stereocenters. The molecule has 106 valence electrons. The van der Waals surface area contributed by atoms with E-state index in [2.05, 4.69) is 47.7 Å². The van der Waals surface area contributed by atoms with Gasteiger partial charge < -0.3 is 10.3 Å². The van der Waals surface area contributed by atoms with E-state index in [0.29, 0.717) is 5.92 Å². The lowest BCUT2D eigenvalue weighted by atomic mass is 9.71. The fraction of sp³-hybridized carbons (Fsp3) is 0.471. The Bertz CT molecular complexity index is 602. The Kier molecular flexibility index (Phi) is 3.38. The largest absolute Gasteiger partial charge is 0.335 e. The van der Waals surface area contributed by atoms with Crippen LogP contribution < -0.4 is 5.73 Å². The van der Waals surface area contributed by atoms with Gasteiger partial charge in [0, 0.05) is 30.9 Å². The first-order valence-electron chi connectivity index (χ1n) is 7.52. The van der Waals surface area contributed by atoms with E-state index < -0.39 is 0 Å². The van der Waals surface area contributed by atoms with Crippen LogP contribution in [0.2, 0.25) is 0 Å². The van der Waals surface area contributed by atoms with Crippen LogP contribution in [0.25, 0.3) is 0 Å². The average Bonchev–Trinajstić information content (AvgIpc) is 2.91. The van der Waals surface area contributed by atoms with Crippen LogP contribution >= 0.6 is 0 Å². The number of aromatic nitrogens is 2. The molecular weight excluding hydrogens is 246 g/mol. The van der Waals surface area contributed by atoms with Gasteiger partial charge in [0.1, 0.15) is 5.82 Å². The van der Waals surface area contributed by atoms with Crippen molar-refractivity contribution in [3.63, 3.8) is 0 Å². The summed E-state index contributed by atoms with van der Waals surface area (Å²) >= 11 is 0. The molecule has 2 atom stereocenters. The van der Waals surface area contributed by atoms with E-state index >= 15 is 0 Å². The second-order valence-electron chi connectivity index (χ2n) is 5.99. The van der Waals surface area contributed by atoms with Crippen LogP contribution in [-0.2, 0) is 18.5 Å². The Morgan fingerprint density at radius 3 is 3.00 bits per heavy atom. The number of aryl methyl sites for hydroxylation is 1. The van der Waals surface area contributed by atoms with Gasteiger partial charge in [-0.25, -0.2) is 4.98 Å². The zero-order valence-corrected chi connectivity index (χ0v) is 12.3. The highest BCUT2D eigenvalue weighted by Gasteiger charge is 2.36. The van der Waals surface area contributed by atoms with Crippen molar-refractivity contribution in [2.24, 2.45) is 5.73 Å². The van der Waals surface area contributed by atoms with E-state index in [4.69, 9.17) is 5.73 Å². The van der Waals surface area contributed by atoms with Crippen molar-refractivity contribution in [3.05, 3.63) is 53.6 Å². The van der Waals surface area contributed by atoms with Crippen LogP contribution in [0.5, 0.6) is 0 Å². The maximum Gasteiger partial charge on any atom is 0.110 e. The maximum atomic E-state index is 6.79. The lowest BCUT2D eigenvalue weighted by Crippen LogP contribution is -2.43. The zero-order valence-electron chi connectivity index (χ0n) is 12.3. The third-order valence-corrected chi connectivity index (χ3v) is 4.67. The van der Waals surface area contributed by atoms with Crippen LogP contribution in [0, 0.1) is 0 Å². The van der Waals surface area contributed by atoms with E-state index in [9.17, 15) is 0 Å². The lowest BCUT2D eigenvalue weighted by Gasteiger charge is -2.38. The van der Waals surface area contributed by atoms with Crippen molar-refractivity contribution in [1.82, 2.24) is 9.55 Å². The average molecular weight is 269 g/mol. The highest BCUT2D eigenvalue weighted by atomic mass is 15.1. The zero-order chi connectivity index (χ0) is 14.2. The summed E-state index contributed by atoms with van der Waals surface area (Å²) < 4.78 is 2.19. The van der Waals surface area contributed by atoms with Gasteiger partial charge in [-0.1, -0.05) is 31.2 Å². The number of imidazole rings is 1. The van der Waals surface area contributed by atoms with Crippen molar-refractivity contribution in [1.29, 1.82) is 0 Å². The molecule has 0 radical (unpaired) electrons. The van der Waals surface area contributed by atoms with Crippen molar-refractivity contribution < 1.29 is 0 Å². The van der Waals surface area contributed by atoms with Crippen molar-refractivity contribution in [2.75, 3.05) is 0 Å². The molecule has 2 N–H and O–H groups in total. The predicted molar refractivity (Wildman–Crippen MR) is 81.6 cm³/mol. The van der Waals surface area contributed by atoms with Crippen molar-refractivity contribution >= 4 is 0 Å². The van der Waals surface area contributed by atoms with E-state index in [-0.39, 0.29) is 5.54 Å². The molecule has 2 aromatic rings. The monoisotopic (exact) mass is 269 g/mol. The Balaban J connectivity index is 1.98. The number of benzene rings is 1. The molecule has 0 bridgehead atoms. The van der Waals surface area contributed by atoms with Crippen LogP contribution in [0.15, 0.2) is 36.7 Å². The molecule has 1 aromatic carbocycles. The van der Waals surface area contributed by atoms with Crippen LogP contribution in [0.1, 0.15) is 49.6 Å².